The van der Waals surface area contributed by atoms with Gasteiger partial charge < -0.3 is 5.32 Å². The van der Waals surface area contributed by atoms with E-state index in [0.29, 0.717) is 0 Å². The van der Waals surface area contributed by atoms with Gasteiger partial charge >= 0.3 is 0 Å². The Balaban J connectivity index is 1.87. The summed E-state index contributed by atoms with van der Waals surface area (Å²) in [6, 6.07) is 14.2. The predicted octanol–water partition coefficient (Wildman–Crippen LogP) is 4.09. The van der Waals surface area contributed by atoms with E-state index < -0.39 is 0 Å². The van der Waals surface area contributed by atoms with Crippen LogP contribution in [0.25, 0.3) is 0 Å². The molecule has 2 unspecified atom stereocenters. The second-order valence-corrected chi connectivity index (χ2v) is 6.79. The monoisotopic (exact) mass is 343 g/mol. The van der Waals surface area contributed by atoms with Crippen LogP contribution >= 0.6 is 15.9 Å². The lowest BCUT2D eigenvalue weighted by atomic mass is 10.0. The van der Waals surface area contributed by atoms with Crippen molar-refractivity contribution in [2.45, 2.75) is 31.1 Å². The van der Waals surface area contributed by atoms with E-state index in [-0.39, 0.29) is 16.8 Å². The molecule has 1 N–H and O–H groups in total. The van der Waals surface area contributed by atoms with Crippen molar-refractivity contribution in [1.29, 1.82) is 0 Å². The van der Waals surface area contributed by atoms with Crippen LogP contribution in [0.3, 0.4) is 0 Å². The first-order valence-corrected chi connectivity index (χ1v) is 8.08. The van der Waals surface area contributed by atoms with Gasteiger partial charge in [-0.3, -0.25) is 4.79 Å². The van der Waals surface area contributed by atoms with Crippen LogP contribution in [-0.4, -0.2) is 10.7 Å². The molecule has 0 spiro atoms. The summed E-state index contributed by atoms with van der Waals surface area (Å²) >= 11 is 3.70. The highest BCUT2D eigenvalue weighted by atomic mass is 79.9. The molecule has 2 aromatic carbocycles. The zero-order chi connectivity index (χ0) is 15.0. The Kier molecular flexibility index (Phi) is 3.85. The van der Waals surface area contributed by atoms with Crippen LogP contribution in [0.4, 0.5) is 0 Å². The van der Waals surface area contributed by atoms with Crippen LogP contribution in [0.1, 0.15) is 38.7 Å². The SMILES string of the molecule is Cc1cccc(C(=O)NC2c3ccccc3CC2Br)c1C. The van der Waals surface area contributed by atoms with Gasteiger partial charge in [0, 0.05) is 10.4 Å². The van der Waals surface area contributed by atoms with Crippen LogP contribution in [0, 0.1) is 13.8 Å². The molecule has 2 nitrogen and oxygen atoms in total. The maximum atomic E-state index is 12.6. The summed E-state index contributed by atoms with van der Waals surface area (Å²) in [6.45, 7) is 4.03. The quantitative estimate of drug-likeness (QED) is 0.817. The summed E-state index contributed by atoms with van der Waals surface area (Å²) in [6.07, 6.45) is 0.952. The second kappa shape index (κ2) is 5.64. The smallest absolute Gasteiger partial charge is 0.252 e. The first-order valence-electron chi connectivity index (χ1n) is 7.17. The van der Waals surface area contributed by atoms with Gasteiger partial charge in [-0.1, -0.05) is 52.3 Å². The minimum atomic E-state index is 0.00218. The van der Waals surface area contributed by atoms with Gasteiger partial charge in [0.05, 0.1) is 6.04 Å². The van der Waals surface area contributed by atoms with Crippen LogP contribution in [-0.2, 0) is 6.42 Å². The standard InChI is InChI=1S/C18H18BrNO/c1-11-6-5-9-14(12(11)2)18(21)20-17-15-8-4-3-7-13(15)10-16(17)19/h3-9,16-17H,10H2,1-2H3,(H,20,21). The van der Waals surface area contributed by atoms with Gasteiger partial charge in [0.2, 0.25) is 0 Å². The lowest BCUT2D eigenvalue weighted by Crippen LogP contribution is -2.32. The number of aryl methyl sites for hydroxylation is 1. The molecule has 1 aliphatic carbocycles. The molecule has 2 atom stereocenters. The molecule has 3 heteroatoms. The molecule has 1 amide bonds. The number of benzene rings is 2. The molecular formula is C18H18BrNO. The number of hydrogen-bond acceptors (Lipinski definition) is 1. The van der Waals surface area contributed by atoms with Gasteiger partial charge in [0.15, 0.2) is 0 Å². The zero-order valence-corrected chi connectivity index (χ0v) is 13.8. The minimum absolute atomic E-state index is 0.00218. The van der Waals surface area contributed by atoms with E-state index in [2.05, 4.69) is 33.4 Å². The van der Waals surface area contributed by atoms with Gasteiger partial charge in [0.1, 0.15) is 0 Å². The van der Waals surface area contributed by atoms with Crippen LogP contribution < -0.4 is 5.32 Å². The number of alkyl halides is 1. The highest BCUT2D eigenvalue weighted by Crippen LogP contribution is 2.36. The number of hydrogen-bond donors (Lipinski definition) is 1. The van der Waals surface area contributed by atoms with Crippen molar-refractivity contribution >= 4 is 21.8 Å². The fourth-order valence-corrected chi connectivity index (χ4v) is 3.70. The third-order valence-corrected chi connectivity index (χ3v) is 5.16. The number of carbonyl (C=O) groups is 1. The molecule has 0 saturated carbocycles. The third-order valence-electron chi connectivity index (χ3n) is 4.30. The summed E-state index contributed by atoms with van der Waals surface area (Å²) < 4.78 is 0. The van der Waals surface area contributed by atoms with E-state index in [9.17, 15) is 4.79 Å². The molecule has 2 aromatic rings. The zero-order valence-electron chi connectivity index (χ0n) is 12.2. The van der Waals surface area contributed by atoms with Crippen LogP contribution in [0.5, 0.6) is 0 Å². The summed E-state index contributed by atoms with van der Waals surface area (Å²) in [4.78, 5) is 12.9. The van der Waals surface area contributed by atoms with E-state index in [0.717, 1.165) is 23.1 Å². The van der Waals surface area contributed by atoms with Crippen molar-refractivity contribution in [3.05, 3.63) is 70.3 Å². The fraction of sp³-hybridized carbons (Fsp3) is 0.278. The Morgan fingerprint density at radius 2 is 1.90 bits per heavy atom. The van der Waals surface area contributed by atoms with Crippen molar-refractivity contribution in [3.8, 4) is 0 Å². The largest absolute Gasteiger partial charge is 0.344 e. The number of halogens is 1. The molecule has 1 aliphatic rings. The lowest BCUT2D eigenvalue weighted by Gasteiger charge is -2.19. The van der Waals surface area contributed by atoms with Gasteiger partial charge in [-0.25, -0.2) is 0 Å². The number of amides is 1. The van der Waals surface area contributed by atoms with Crippen LogP contribution in [0.2, 0.25) is 0 Å². The summed E-state index contributed by atoms with van der Waals surface area (Å²) in [7, 11) is 0. The third kappa shape index (κ3) is 2.62. The average Bonchev–Trinajstić information content (AvgIpc) is 2.78. The second-order valence-electron chi connectivity index (χ2n) is 5.62. The molecule has 0 bridgehead atoms. The number of fused-ring (bicyclic) bond motifs is 1. The Morgan fingerprint density at radius 1 is 1.14 bits per heavy atom. The molecule has 0 heterocycles. The lowest BCUT2D eigenvalue weighted by molar-refractivity contribution is 0.0937. The topological polar surface area (TPSA) is 29.1 Å². The van der Waals surface area contributed by atoms with Crippen molar-refractivity contribution < 1.29 is 4.79 Å². The number of carbonyl (C=O) groups excluding carboxylic acids is 1. The van der Waals surface area contributed by atoms with E-state index in [1.807, 2.05) is 44.2 Å². The summed E-state index contributed by atoms with van der Waals surface area (Å²) in [5.41, 5.74) is 5.49. The first kappa shape index (κ1) is 14.3. The van der Waals surface area contributed by atoms with Gasteiger partial charge in [0.25, 0.3) is 5.91 Å². The van der Waals surface area contributed by atoms with Gasteiger partial charge in [-0.15, -0.1) is 0 Å². The first-order chi connectivity index (χ1) is 10.1. The summed E-state index contributed by atoms with van der Waals surface area (Å²) in [5.74, 6) is 0.00218. The molecule has 21 heavy (non-hydrogen) atoms. The Hall–Kier alpha value is -1.61. The highest BCUT2D eigenvalue weighted by Gasteiger charge is 2.31. The van der Waals surface area contributed by atoms with E-state index in [4.69, 9.17) is 0 Å². The predicted molar refractivity (Wildman–Crippen MR) is 89.0 cm³/mol. The Morgan fingerprint density at radius 3 is 2.71 bits per heavy atom. The number of nitrogens with one attached hydrogen (secondary N) is 1. The highest BCUT2D eigenvalue weighted by molar-refractivity contribution is 9.09. The molecule has 108 valence electrons. The summed E-state index contributed by atoms with van der Waals surface area (Å²) in [5, 5.41) is 3.18. The molecule has 0 fully saturated rings. The van der Waals surface area contributed by atoms with E-state index in [1.54, 1.807) is 0 Å². The normalized spacial score (nSPS) is 20.1. The van der Waals surface area contributed by atoms with Crippen molar-refractivity contribution in [1.82, 2.24) is 5.32 Å². The van der Waals surface area contributed by atoms with Crippen molar-refractivity contribution in [2.24, 2.45) is 0 Å². The molecule has 0 radical (unpaired) electrons. The molecule has 0 aromatic heterocycles. The van der Waals surface area contributed by atoms with Gasteiger partial charge in [-0.2, -0.15) is 0 Å². The molecule has 3 rings (SSSR count). The van der Waals surface area contributed by atoms with E-state index >= 15 is 0 Å². The van der Waals surface area contributed by atoms with E-state index in [1.165, 1.54) is 11.1 Å². The van der Waals surface area contributed by atoms with Gasteiger partial charge in [-0.05, 0) is 48.6 Å². The maximum Gasteiger partial charge on any atom is 0.252 e. The minimum Gasteiger partial charge on any atom is -0.344 e. The maximum absolute atomic E-state index is 12.6. The molecule has 0 saturated heterocycles. The Labute approximate surface area is 133 Å². The molecule has 0 aliphatic heterocycles. The average molecular weight is 344 g/mol. The number of rotatable bonds is 2. The van der Waals surface area contributed by atoms with Crippen molar-refractivity contribution in [2.75, 3.05) is 0 Å². The van der Waals surface area contributed by atoms with Crippen LogP contribution in [0.15, 0.2) is 42.5 Å². The fourth-order valence-electron chi connectivity index (χ4n) is 2.93. The molecular weight excluding hydrogens is 326 g/mol. The van der Waals surface area contributed by atoms with Crippen molar-refractivity contribution in [3.63, 3.8) is 0 Å². The Bertz CT molecular complexity index is 695.